The number of pyridine rings is 1. The lowest BCUT2D eigenvalue weighted by Gasteiger charge is -2.28. The van der Waals surface area contributed by atoms with Crippen molar-refractivity contribution >= 4 is 39.1 Å². The van der Waals surface area contributed by atoms with Gasteiger partial charge in [-0.15, -0.1) is 11.3 Å². The number of hydrogen-bond acceptors (Lipinski definition) is 5. The lowest BCUT2D eigenvalue weighted by atomic mass is 10.1. The van der Waals surface area contributed by atoms with Crippen LogP contribution in [0, 0.1) is 0 Å². The monoisotopic (exact) mass is 403 g/mol. The molecule has 1 aromatic carbocycles. The van der Waals surface area contributed by atoms with Gasteiger partial charge in [-0.1, -0.05) is 18.2 Å². The molecule has 5 rings (SSSR count). The molecule has 4 heterocycles. The molecule has 0 radical (unpaired) electrons. The zero-order valence-corrected chi connectivity index (χ0v) is 16.7. The van der Waals surface area contributed by atoms with Crippen molar-refractivity contribution in [3.05, 3.63) is 59.7 Å². The average molecular weight is 404 g/mol. The molecule has 1 aliphatic rings. The molecule has 4 aromatic rings. The fourth-order valence-corrected chi connectivity index (χ4v) is 4.54. The largest absolute Gasteiger partial charge is 0.360 e. The predicted molar refractivity (Wildman–Crippen MR) is 118 cm³/mol. The summed E-state index contributed by atoms with van der Waals surface area (Å²) in [7, 11) is 0. The van der Waals surface area contributed by atoms with Crippen LogP contribution in [0.2, 0.25) is 0 Å². The number of rotatable bonds is 4. The second kappa shape index (κ2) is 7.67. The molecule has 0 atom stereocenters. The van der Waals surface area contributed by atoms with Crippen LogP contribution in [0.4, 0.5) is 10.9 Å². The van der Waals surface area contributed by atoms with Gasteiger partial charge < -0.3 is 9.88 Å². The SMILES string of the molecule is O=C(Nc1nc(-c2c[nH]c3ccccc23)cs1)c1cccnc1N1CCCCC1. The fraction of sp³-hybridized carbons (Fsp3) is 0.227. The molecule has 1 saturated heterocycles. The van der Waals surface area contributed by atoms with Crippen molar-refractivity contribution < 1.29 is 4.79 Å². The first-order valence-corrected chi connectivity index (χ1v) is 10.7. The van der Waals surface area contributed by atoms with Gasteiger partial charge in [0.2, 0.25) is 0 Å². The van der Waals surface area contributed by atoms with E-state index in [1.54, 1.807) is 6.20 Å². The highest BCUT2D eigenvalue weighted by molar-refractivity contribution is 7.14. The van der Waals surface area contributed by atoms with Gasteiger partial charge in [0.25, 0.3) is 5.91 Å². The Balaban J connectivity index is 1.39. The Morgan fingerprint density at radius 2 is 1.97 bits per heavy atom. The van der Waals surface area contributed by atoms with E-state index >= 15 is 0 Å². The van der Waals surface area contributed by atoms with E-state index in [2.05, 4.69) is 31.2 Å². The Labute approximate surface area is 172 Å². The number of aromatic nitrogens is 3. The third-order valence-corrected chi connectivity index (χ3v) is 6.03. The van der Waals surface area contributed by atoms with Crippen LogP contribution in [0.3, 0.4) is 0 Å². The summed E-state index contributed by atoms with van der Waals surface area (Å²) in [6.07, 6.45) is 7.22. The Morgan fingerprint density at radius 1 is 1.10 bits per heavy atom. The van der Waals surface area contributed by atoms with Crippen LogP contribution in [-0.4, -0.2) is 33.9 Å². The first kappa shape index (κ1) is 17.9. The molecule has 29 heavy (non-hydrogen) atoms. The molecule has 3 aromatic heterocycles. The van der Waals surface area contributed by atoms with Gasteiger partial charge in [-0.3, -0.25) is 10.1 Å². The minimum absolute atomic E-state index is 0.168. The van der Waals surface area contributed by atoms with Crippen LogP contribution in [0.1, 0.15) is 29.6 Å². The molecule has 2 N–H and O–H groups in total. The van der Waals surface area contributed by atoms with Crippen molar-refractivity contribution in [1.82, 2.24) is 15.0 Å². The minimum atomic E-state index is -0.168. The number of hydrogen-bond donors (Lipinski definition) is 2. The summed E-state index contributed by atoms with van der Waals surface area (Å²) in [5.41, 5.74) is 3.55. The van der Waals surface area contributed by atoms with Gasteiger partial charge >= 0.3 is 0 Å². The van der Waals surface area contributed by atoms with E-state index in [0.29, 0.717) is 10.7 Å². The van der Waals surface area contributed by atoms with Crippen molar-refractivity contribution in [3.63, 3.8) is 0 Å². The molecule has 6 nitrogen and oxygen atoms in total. The Morgan fingerprint density at radius 3 is 2.86 bits per heavy atom. The highest BCUT2D eigenvalue weighted by atomic mass is 32.1. The Bertz CT molecular complexity index is 1160. The minimum Gasteiger partial charge on any atom is -0.360 e. The number of benzene rings is 1. The van der Waals surface area contributed by atoms with Gasteiger partial charge in [0.1, 0.15) is 5.82 Å². The third kappa shape index (κ3) is 3.49. The number of H-pyrrole nitrogens is 1. The molecule has 1 amide bonds. The van der Waals surface area contributed by atoms with E-state index in [9.17, 15) is 4.79 Å². The molecule has 0 bridgehead atoms. The number of thiazole rings is 1. The highest BCUT2D eigenvalue weighted by Crippen LogP contribution is 2.31. The van der Waals surface area contributed by atoms with Crippen LogP contribution in [0.15, 0.2) is 54.2 Å². The van der Waals surface area contributed by atoms with Gasteiger partial charge in [-0.25, -0.2) is 9.97 Å². The van der Waals surface area contributed by atoms with Crippen molar-refractivity contribution in [2.24, 2.45) is 0 Å². The summed E-state index contributed by atoms with van der Waals surface area (Å²) in [4.78, 5) is 27.6. The number of carbonyl (C=O) groups excluding carboxylic acids is 1. The summed E-state index contributed by atoms with van der Waals surface area (Å²) in [6.45, 7) is 1.89. The molecule has 0 saturated carbocycles. The smallest absolute Gasteiger partial charge is 0.261 e. The Kier molecular flexibility index (Phi) is 4.73. The van der Waals surface area contributed by atoms with Crippen molar-refractivity contribution in [1.29, 1.82) is 0 Å². The Hall–Kier alpha value is -3.19. The number of amides is 1. The van der Waals surface area contributed by atoms with Crippen LogP contribution < -0.4 is 10.2 Å². The zero-order valence-electron chi connectivity index (χ0n) is 15.9. The number of nitrogens with one attached hydrogen (secondary N) is 2. The fourth-order valence-electron chi connectivity index (χ4n) is 3.83. The van der Waals surface area contributed by atoms with E-state index in [1.165, 1.54) is 17.8 Å². The third-order valence-electron chi connectivity index (χ3n) is 5.28. The molecule has 0 aliphatic carbocycles. The van der Waals surface area contributed by atoms with Gasteiger partial charge in [0.05, 0.1) is 11.3 Å². The van der Waals surface area contributed by atoms with E-state index < -0.39 is 0 Å². The summed E-state index contributed by atoms with van der Waals surface area (Å²) >= 11 is 1.43. The predicted octanol–water partition coefficient (Wildman–Crippen LogP) is 4.93. The number of anilines is 2. The zero-order chi connectivity index (χ0) is 19.6. The van der Waals surface area contributed by atoms with Crippen LogP contribution in [0.25, 0.3) is 22.2 Å². The molecule has 146 valence electrons. The van der Waals surface area contributed by atoms with Crippen LogP contribution >= 0.6 is 11.3 Å². The van der Waals surface area contributed by atoms with Gasteiger partial charge in [0, 0.05) is 47.3 Å². The number of para-hydroxylation sites is 1. The van der Waals surface area contributed by atoms with Gasteiger partial charge in [0.15, 0.2) is 5.13 Å². The molecule has 1 fully saturated rings. The summed E-state index contributed by atoms with van der Waals surface area (Å²) in [5.74, 6) is 0.594. The second-order valence-electron chi connectivity index (χ2n) is 7.16. The maximum absolute atomic E-state index is 13.0. The van der Waals surface area contributed by atoms with E-state index in [1.807, 2.05) is 41.9 Å². The molecule has 1 aliphatic heterocycles. The molecule has 0 unspecified atom stereocenters. The molecule has 7 heteroatoms. The number of carbonyl (C=O) groups is 1. The summed E-state index contributed by atoms with van der Waals surface area (Å²) < 4.78 is 0. The number of piperidine rings is 1. The number of aromatic amines is 1. The standard InChI is InChI=1S/C22H21N5OS/c28-21(16-8-6-10-23-20(16)27-11-4-1-5-12-27)26-22-25-19(14-29-22)17-13-24-18-9-3-2-7-15(17)18/h2-3,6-10,13-14,24H,1,4-5,11-12H2,(H,25,26,28). The average Bonchev–Trinajstić information content (AvgIpc) is 3.41. The van der Waals surface area contributed by atoms with Crippen molar-refractivity contribution in [3.8, 4) is 11.3 Å². The van der Waals surface area contributed by atoms with Gasteiger partial charge in [-0.2, -0.15) is 0 Å². The van der Waals surface area contributed by atoms with Gasteiger partial charge in [-0.05, 0) is 37.5 Å². The topological polar surface area (TPSA) is 73.9 Å². The maximum atomic E-state index is 13.0. The molecular formula is C22H21N5OS. The van der Waals surface area contributed by atoms with Crippen molar-refractivity contribution in [2.75, 3.05) is 23.3 Å². The van der Waals surface area contributed by atoms with E-state index in [-0.39, 0.29) is 5.91 Å². The summed E-state index contributed by atoms with van der Waals surface area (Å²) in [6, 6.07) is 11.8. The van der Waals surface area contributed by atoms with Crippen molar-refractivity contribution in [2.45, 2.75) is 19.3 Å². The summed E-state index contributed by atoms with van der Waals surface area (Å²) in [5, 5.41) is 6.64. The molecule has 0 spiro atoms. The first-order chi connectivity index (χ1) is 14.3. The van der Waals surface area contributed by atoms with E-state index in [4.69, 9.17) is 0 Å². The van der Waals surface area contributed by atoms with Crippen LogP contribution in [0.5, 0.6) is 0 Å². The number of nitrogens with zero attached hydrogens (tertiary/aromatic N) is 3. The normalized spacial score (nSPS) is 14.3. The van der Waals surface area contributed by atoms with E-state index in [0.717, 1.165) is 53.9 Å². The number of fused-ring (bicyclic) bond motifs is 1. The first-order valence-electron chi connectivity index (χ1n) is 9.83. The maximum Gasteiger partial charge on any atom is 0.261 e. The second-order valence-corrected chi connectivity index (χ2v) is 8.02. The van der Waals surface area contributed by atoms with Crippen LogP contribution in [-0.2, 0) is 0 Å². The molecular weight excluding hydrogens is 382 g/mol. The lowest BCUT2D eigenvalue weighted by Crippen LogP contribution is -2.32. The quantitative estimate of drug-likeness (QED) is 0.507. The lowest BCUT2D eigenvalue weighted by molar-refractivity contribution is 0.102. The highest BCUT2D eigenvalue weighted by Gasteiger charge is 2.20.